The summed E-state index contributed by atoms with van der Waals surface area (Å²) in [4.78, 5) is 7.66. The van der Waals surface area contributed by atoms with E-state index < -0.39 is 40.8 Å². The highest BCUT2D eigenvalue weighted by atomic mass is 19.4. The van der Waals surface area contributed by atoms with Gasteiger partial charge in [0.15, 0.2) is 11.7 Å². The Morgan fingerprint density at radius 2 is 1.44 bits per heavy atom. The average Bonchev–Trinajstić information content (AvgIpc) is 2.77. The van der Waals surface area contributed by atoms with Crippen LogP contribution in [0.4, 0.5) is 35.1 Å². The molecule has 0 aliphatic heterocycles. The minimum absolute atomic E-state index is 0.0562. The van der Waals surface area contributed by atoms with Crippen LogP contribution in [0.1, 0.15) is 43.7 Å². The van der Waals surface area contributed by atoms with Crippen LogP contribution in [0.5, 0.6) is 0 Å². The van der Waals surface area contributed by atoms with E-state index in [0.29, 0.717) is 18.6 Å². The Balaban J connectivity index is 1.86. The first-order valence-corrected chi connectivity index (χ1v) is 10.3. The first-order valence-electron chi connectivity index (χ1n) is 10.3. The summed E-state index contributed by atoms with van der Waals surface area (Å²) < 4.78 is 109. The Morgan fingerprint density at radius 3 is 1.97 bits per heavy atom. The van der Waals surface area contributed by atoms with E-state index in [1.807, 2.05) is 6.92 Å². The minimum Gasteiger partial charge on any atom is -0.236 e. The number of aromatic nitrogens is 2. The van der Waals surface area contributed by atoms with Crippen molar-refractivity contribution >= 4 is 5.83 Å². The summed E-state index contributed by atoms with van der Waals surface area (Å²) in [6, 6.07) is 4.08. The molecule has 180 valence electrons. The molecule has 0 N–H and O–H groups in total. The molecule has 2 aromatic carbocycles. The molecule has 0 saturated heterocycles. The van der Waals surface area contributed by atoms with Gasteiger partial charge in [0, 0.05) is 41.1 Å². The summed E-state index contributed by atoms with van der Waals surface area (Å²) in [6.45, 7) is 1.92. The molecule has 3 rings (SSSR count). The molecule has 1 aromatic heterocycles. The van der Waals surface area contributed by atoms with Crippen LogP contribution >= 0.6 is 0 Å². The van der Waals surface area contributed by atoms with Crippen molar-refractivity contribution in [3.63, 3.8) is 0 Å². The van der Waals surface area contributed by atoms with Gasteiger partial charge in [-0.3, -0.25) is 0 Å². The van der Waals surface area contributed by atoms with Gasteiger partial charge in [-0.1, -0.05) is 31.9 Å². The van der Waals surface area contributed by atoms with Gasteiger partial charge in [-0.05, 0) is 24.6 Å². The SMILES string of the molecule is CCCCC/C(F)=C(\F)c1ccc(-c2cnc(-c3cc(F)c(C(F)(F)F)c(F)c3)nc2)c(F)c1. The second-order valence-electron chi connectivity index (χ2n) is 7.48. The summed E-state index contributed by atoms with van der Waals surface area (Å²) in [7, 11) is 0. The zero-order valence-corrected chi connectivity index (χ0v) is 17.8. The van der Waals surface area contributed by atoms with Crippen molar-refractivity contribution in [3.05, 3.63) is 77.1 Å². The third-order valence-electron chi connectivity index (χ3n) is 5.01. The van der Waals surface area contributed by atoms with Gasteiger partial charge in [-0.15, -0.1) is 0 Å². The summed E-state index contributed by atoms with van der Waals surface area (Å²) in [5.41, 5.74) is -2.61. The molecule has 10 heteroatoms. The molecule has 1 heterocycles. The van der Waals surface area contributed by atoms with Gasteiger partial charge >= 0.3 is 6.18 Å². The quantitative estimate of drug-likeness (QED) is 0.247. The lowest BCUT2D eigenvalue weighted by molar-refractivity contribution is -0.142. The van der Waals surface area contributed by atoms with E-state index in [0.717, 1.165) is 31.3 Å². The summed E-state index contributed by atoms with van der Waals surface area (Å²) >= 11 is 0. The van der Waals surface area contributed by atoms with Crippen molar-refractivity contribution in [2.75, 3.05) is 0 Å². The maximum absolute atomic E-state index is 14.6. The molecule has 0 fully saturated rings. The zero-order valence-electron chi connectivity index (χ0n) is 17.8. The molecule has 0 aliphatic carbocycles. The lowest BCUT2D eigenvalue weighted by Crippen LogP contribution is -2.11. The van der Waals surface area contributed by atoms with E-state index in [1.54, 1.807) is 0 Å². The number of rotatable bonds is 7. The third-order valence-corrected chi connectivity index (χ3v) is 5.01. The van der Waals surface area contributed by atoms with Crippen LogP contribution in [0.15, 0.2) is 48.6 Å². The molecular formula is C24H18F8N2. The van der Waals surface area contributed by atoms with E-state index in [9.17, 15) is 35.1 Å². The molecule has 3 aromatic rings. The zero-order chi connectivity index (χ0) is 25.0. The molecular weight excluding hydrogens is 468 g/mol. The van der Waals surface area contributed by atoms with Crippen molar-refractivity contribution in [3.8, 4) is 22.5 Å². The Morgan fingerprint density at radius 1 is 0.824 bits per heavy atom. The van der Waals surface area contributed by atoms with Gasteiger partial charge < -0.3 is 0 Å². The Kier molecular flexibility index (Phi) is 7.68. The van der Waals surface area contributed by atoms with E-state index in [4.69, 9.17) is 0 Å². The molecule has 0 bridgehead atoms. The van der Waals surface area contributed by atoms with Crippen LogP contribution in [0.2, 0.25) is 0 Å². The summed E-state index contributed by atoms with van der Waals surface area (Å²) in [5, 5.41) is 0. The molecule has 0 saturated carbocycles. The van der Waals surface area contributed by atoms with Crippen LogP contribution in [0.3, 0.4) is 0 Å². The Bertz CT molecular complexity index is 1180. The molecule has 0 spiro atoms. The van der Waals surface area contributed by atoms with Gasteiger partial charge in [-0.25, -0.2) is 31.9 Å². The summed E-state index contributed by atoms with van der Waals surface area (Å²) in [5.74, 6) is -6.96. The van der Waals surface area contributed by atoms with Crippen LogP contribution in [-0.2, 0) is 6.18 Å². The summed E-state index contributed by atoms with van der Waals surface area (Å²) in [6.07, 6.45) is -1.10. The fourth-order valence-corrected chi connectivity index (χ4v) is 3.27. The fraction of sp³-hybridized carbons (Fsp3) is 0.250. The number of nitrogens with zero attached hydrogens (tertiary/aromatic N) is 2. The largest absolute Gasteiger partial charge is 0.422 e. The molecule has 0 atom stereocenters. The second kappa shape index (κ2) is 10.3. The van der Waals surface area contributed by atoms with E-state index in [2.05, 4.69) is 9.97 Å². The molecule has 0 unspecified atom stereocenters. The van der Waals surface area contributed by atoms with Crippen molar-refractivity contribution in [1.29, 1.82) is 0 Å². The predicted molar refractivity (Wildman–Crippen MR) is 111 cm³/mol. The smallest absolute Gasteiger partial charge is 0.236 e. The molecule has 0 aliphatic rings. The van der Waals surface area contributed by atoms with Crippen LogP contribution in [-0.4, -0.2) is 9.97 Å². The monoisotopic (exact) mass is 486 g/mol. The van der Waals surface area contributed by atoms with Crippen molar-refractivity contribution in [1.82, 2.24) is 9.97 Å². The maximum Gasteiger partial charge on any atom is 0.422 e. The number of benzene rings is 2. The lowest BCUT2D eigenvalue weighted by Gasteiger charge is -2.11. The van der Waals surface area contributed by atoms with Gasteiger partial charge in [-0.2, -0.15) is 13.2 Å². The number of halogens is 8. The maximum atomic E-state index is 14.6. The molecule has 0 radical (unpaired) electrons. The Hall–Kier alpha value is -3.30. The van der Waals surface area contributed by atoms with Crippen molar-refractivity contribution in [2.24, 2.45) is 0 Å². The van der Waals surface area contributed by atoms with Crippen molar-refractivity contribution < 1.29 is 35.1 Å². The van der Waals surface area contributed by atoms with Crippen molar-refractivity contribution in [2.45, 2.75) is 38.8 Å². The lowest BCUT2D eigenvalue weighted by atomic mass is 10.0. The number of hydrogen-bond acceptors (Lipinski definition) is 2. The molecule has 2 nitrogen and oxygen atoms in total. The highest BCUT2D eigenvalue weighted by molar-refractivity contribution is 5.69. The minimum atomic E-state index is -5.21. The fourth-order valence-electron chi connectivity index (χ4n) is 3.27. The number of unbranched alkanes of at least 4 members (excludes halogenated alkanes) is 2. The third kappa shape index (κ3) is 5.60. The highest BCUT2D eigenvalue weighted by Crippen LogP contribution is 2.35. The number of hydrogen-bond donors (Lipinski definition) is 0. The second-order valence-corrected chi connectivity index (χ2v) is 7.48. The van der Waals surface area contributed by atoms with E-state index in [1.165, 1.54) is 12.1 Å². The van der Waals surface area contributed by atoms with Gasteiger partial charge in [0.05, 0.1) is 0 Å². The molecule has 0 amide bonds. The van der Waals surface area contributed by atoms with Crippen LogP contribution < -0.4 is 0 Å². The van der Waals surface area contributed by atoms with Gasteiger partial charge in [0.1, 0.15) is 28.8 Å². The molecule has 34 heavy (non-hydrogen) atoms. The Labute approximate surface area is 190 Å². The topological polar surface area (TPSA) is 25.8 Å². The van der Waals surface area contributed by atoms with Crippen LogP contribution in [0.25, 0.3) is 28.3 Å². The number of alkyl halides is 3. The number of allylic oxidation sites excluding steroid dienone is 1. The highest BCUT2D eigenvalue weighted by Gasteiger charge is 2.38. The standard InChI is InChI=1S/C24H18F8N2/c1-2-3-4-5-17(25)22(29)13-6-7-16(18(26)8-13)15-11-33-23(34-12-15)14-9-19(27)21(20(28)10-14)24(30,31)32/h6-12H,2-5H2,1H3/b22-17+. The predicted octanol–water partition coefficient (Wildman–Crippen LogP) is 8.43. The van der Waals surface area contributed by atoms with Gasteiger partial charge in [0.2, 0.25) is 0 Å². The average molecular weight is 486 g/mol. The van der Waals surface area contributed by atoms with E-state index in [-0.39, 0.29) is 34.5 Å². The van der Waals surface area contributed by atoms with Gasteiger partial charge in [0.25, 0.3) is 0 Å². The van der Waals surface area contributed by atoms with Crippen LogP contribution in [0, 0.1) is 17.5 Å². The first-order chi connectivity index (χ1) is 16.0. The first kappa shape index (κ1) is 25.3. The van der Waals surface area contributed by atoms with E-state index >= 15 is 0 Å². The normalized spacial score (nSPS) is 12.6.